The Hall–Kier alpha value is -2.42. The molecular formula is C29H33ClF2N2O3S. The average Bonchev–Trinajstić information content (AvgIpc) is 2.90. The molecule has 1 N–H and O–H groups in total. The largest absolute Gasteiger partial charge is 0.497 e. The number of benzene rings is 2. The molecule has 0 unspecified atom stereocenters. The average molecular weight is 563 g/mol. The van der Waals surface area contributed by atoms with E-state index in [-0.39, 0.29) is 11.8 Å². The molecule has 1 fully saturated rings. The first kappa shape index (κ1) is 28.6. The second kappa shape index (κ2) is 13.1. The van der Waals surface area contributed by atoms with Crippen LogP contribution in [0, 0.1) is 17.0 Å². The van der Waals surface area contributed by atoms with E-state index in [1.165, 1.54) is 17.8 Å². The van der Waals surface area contributed by atoms with E-state index < -0.39 is 17.6 Å². The predicted molar refractivity (Wildman–Crippen MR) is 148 cm³/mol. The molecule has 2 heterocycles. The summed E-state index contributed by atoms with van der Waals surface area (Å²) in [6.07, 6.45) is 6.72. The highest BCUT2D eigenvalue weighted by Gasteiger charge is 2.36. The summed E-state index contributed by atoms with van der Waals surface area (Å²) in [7, 11) is 1.63. The van der Waals surface area contributed by atoms with E-state index in [1.807, 2.05) is 18.2 Å². The zero-order valence-corrected chi connectivity index (χ0v) is 23.1. The van der Waals surface area contributed by atoms with E-state index in [4.69, 9.17) is 16.3 Å². The standard InChI is InChI=1S/C29H33ClF2N2O3S/c1-37-20-8-9-25-22(17-20)21(23(30)19-33-25)5-3-10-29(18-27(35)36)11-14-34(15-12-29)13-4-16-38-26-7-2-6-24(31)28(26)32/h2,6-9,17,19H,3-5,10-16,18H2,1H3,(H,35,36). The molecule has 0 aliphatic carbocycles. The van der Waals surface area contributed by atoms with E-state index in [0.29, 0.717) is 15.7 Å². The third kappa shape index (κ3) is 7.16. The van der Waals surface area contributed by atoms with Gasteiger partial charge in [0, 0.05) is 16.5 Å². The van der Waals surface area contributed by atoms with E-state index >= 15 is 0 Å². The minimum atomic E-state index is -0.820. The van der Waals surface area contributed by atoms with E-state index in [1.54, 1.807) is 19.4 Å². The number of halogens is 3. The second-order valence-electron chi connectivity index (χ2n) is 9.99. The lowest BCUT2D eigenvalue weighted by molar-refractivity contribution is -0.140. The number of pyridine rings is 1. The molecule has 3 aromatic rings. The molecular weight excluding hydrogens is 530 g/mol. The van der Waals surface area contributed by atoms with Gasteiger partial charge in [-0.15, -0.1) is 11.8 Å². The van der Waals surface area contributed by atoms with Gasteiger partial charge in [0.25, 0.3) is 0 Å². The Kier molecular flexibility index (Phi) is 9.85. The van der Waals surface area contributed by atoms with Crippen LogP contribution in [0.3, 0.4) is 0 Å². The van der Waals surface area contributed by atoms with Crippen LogP contribution in [0.4, 0.5) is 8.78 Å². The van der Waals surface area contributed by atoms with Gasteiger partial charge in [-0.3, -0.25) is 9.78 Å². The highest BCUT2D eigenvalue weighted by Crippen LogP contribution is 2.41. The first-order chi connectivity index (χ1) is 18.3. The third-order valence-corrected chi connectivity index (χ3v) is 8.95. The smallest absolute Gasteiger partial charge is 0.303 e. The summed E-state index contributed by atoms with van der Waals surface area (Å²) in [5, 5.41) is 11.2. The summed E-state index contributed by atoms with van der Waals surface area (Å²) in [5.41, 5.74) is 1.64. The van der Waals surface area contributed by atoms with Gasteiger partial charge in [-0.25, -0.2) is 8.78 Å². The van der Waals surface area contributed by atoms with Gasteiger partial charge in [-0.1, -0.05) is 17.7 Å². The van der Waals surface area contributed by atoms with Crippen molar-refractivity contribution in [2.75, 3.05) is 32.5 Å². The van der Waals surface area contributed by atoms with Crippen LogP contribution < -0.4 is 4.74 Å². The Balaban J connectivity index is 1.31. The van der Waals surface area contributed by atoms with Crippen molar-refractivity contribution >= 4 is 40.2 Å². The van der Waals surface area contributed by atoms with Crippen molar-refractivity contribution in [2.45, 2.75) is 49.8 Å². The molecule has 0 saturated carbocycles. The summed E-state index contributed by atoms with van der Waals surface area (Å²) < 4.78 is 32.6. The number of nitrogens with zero attached hydrogens (tertiary/aromatic N) is 2. The maximum absolute atomic E-state index is 13.8. The zero-order chi connectivity index (χ0) is 27.1. The lowest BCUT2D eigenvalue weighted by Gasteiger charge is -2.41. The summed E-state index contributed by atoms with van der Waals surface area (Å²) in [4.78, 5) is 18.9. The van der Waals surface area contributed by atoms with Crippen LogP contribution in [-0.4, -0.2) is 53.5 Å². The molecule has 0 radical (unpaired) electrons. The molecule has 9 heteroatoms. The van der Waals surface area contributed by atoms with Gasteiger partial charge in [0.2, 0.25) is 0 Å². The molecule has 4 rings (SSSR count). The Morgan fingerprint density at radius 2 is 2.00 bits per heavy atom. The Morgan fingerprint density at radius 1 is 1.21 bits per heavy atom. The highest BCUT2D eigenvalue weighted by atomic mass is 35.5. The molecule has 0 bridgehead atoms. The van der Waals surface area contributed by atoms with Gasteiger partial charge < -0.3 is 14.7 Å². The highest BCUT2D eigenvalue weighted by molar-refractivity contribution is 7.99. The van der Waals surface area contributed by atoms with Crippen molar-refractivity contribution in [1.82, 2.24) is 9.88 Å². The van der Waals surface area contributed by atoms with Gasteiger partial charge >= 0.3 is 5.97 Å². The number of carbonyl (C=O) groups is 1. The number of rotatable bonds is 12. The molecule has 5 nitrogen and oxygen atoms in total. The number of thioether (sulfide) groups is 1. The first-order valence-corrected chi connectivity index (χ1v) is 14.3. The number of hydrogen-bond donors (Lipinski definition) is 1. The second-order valence-corrected chi connectivity index (χ2v) is 11.5. The lowest BCUT2D eigenvalue weighted by Crippen LogP contribution is -2.41. The molecule has 204 valence electrons. The molecule has 1 aliphatic rings. The Bertz CT molecular complexity index is 1270. The minimum absolute atomic E-state index is 0.161. The fraction of sp³-hybridized carbons (Fsp3) is 0.448. The van der Waals surface area contributed by atoms with Gasteiger partial charge in [0.1, 0.15) is 5.75 Å². The van der Waals surface area contributed by atoms with Crippen LogP contribution in [0.5, 0.6) is 5.75 Å². The number of aromatic nitrogens is 1. The number of carboxylic acid groups (broad SMARTS) is 1. The van der Waals surface area contributed by atoms with E-state index in [9.17, 15) is 18.7 Å². The monoisotopic (exact) mass is 562 g/mol. The number of aryl methyl sites for hydroxylation is 1. The van der Waals surface area contributed by atoms with Crippen LogP contribution >= 0.6 is 23.4 Å². The Morgan fingerprint density at radius 3 is 2.74 bits per heavy atom. The molecule has 38 heavy (non-hydrogen) atoms. The number of ether oxygens (including phenoxy) is 1. The SMILES string of the molecule is COc1ccc2ncc(Cl)c(CCCC3(CC(=O)O)CCN(CCCSc4cccc(F)c4F)CC3)c2c1. The number of likely N-dealkylation sites (tertiary alicyclic amines) is 1. The number of hydrogen-bond acceptors (Lipinski definition) is 5. The van der Waals surface area contributed by atoms with Crippen molar-refractivity contribution in [1.29, 1.82) is 0 Å². The number of piperidine rings is 1. The Labute approximate surface area is 231 Å². The van der Waals surface area contributed by atoms with Crippen molar-refractivity contribution in [3.05, 3.63) is 64.8 Å². The third-order valence-electron chi connectivity index (χ3n) is 7.50. The van der Waals surface area contributed by atoms with Crippen LogP contribution in [-0.2, 0) is 11.2 Å². The fourth-order valence-electron chi connectivity index (χ4n) is 5.38. The van der Waals surface area contributed by atoms with Crippen LogP contribution in [0.1, 0.15) is 44.1 Å². The molecule has 1 saturated heterocycles. The van der Waals surface area contributed by atoms with E-state index in [2.05, 4.69) is 9.88 Å². The molecule has 1 aromatic heterocycles. The quantitative estimate of drug-likeness (QED) is 0.185. The first-order valence-electron chi connectivity index (χ1n) is 12.9. The zero-order valence-electron chi connectivity index (χ0n) is 21.5. The maximum atomic E-state index is 13.8. The molecule has 2 aromatic carbocycles. The van der Waals surface area contributed by atoms with Crippen LogP contribution in [0.15, 0.2) is 47.5 Å². The molecule has 0 amide bonds. The topological polar surface area (TPSA) is 62.7 Å². The number of carboxylic acids is 1. The van der Waals surface area contributed by atoms with Crippen molar-refractivity contribution in [2.24, 2.45) is 5.41 Å². The maximum Gasteiger partial charge on any atom is 0.303 e. The summed E-state index contributed by atoms with van der Waals surface area (Å²) in [6.45, 7) is 2.53. The molecule has 0 atom stereocenters. The number of fused-ring (bicyclic) bond motifs is 1. The van der Waals surface area contributed by atoms with Crippen molar-refractivity contribution in [3.63, 3.8) is 0 Å². The van der Waals surface area contributed by atoms with Gasteiger partial charge in [-0.05, 0) is 105 Å². The summed E-state index contributed by atoms with van der Waals surface area (Å²) in [5.74, 6) is -0.919. The van der Waals surface area contributed by atoms with E-state index in [0.717, 1.165) is 86.4 Å². The predicted octanol–water partition coefficient (Wildman–Crippen LogP) is 7.24. The summed E-state index contributed by atoms with van der Waals surface area (Å²) in [6, 6.07) is 10.00. The lowest BCUT2D eigenvalue weighted by atomic mass is 9.72. The minimum Gasteiger partial charge on any atom is -0.497 e. The normalized spacial score (nSPS) is 15.6. The van der Waals surface area contributed by atoms with Crippen molar-refractivity contribution < 1.29 is 23.4 Å². The van der Waals surface area contributed by atoms with Crippen LogP contribution in [0.2, 0.25) is 5.02 Å². The molecule has 0 spiro atoms. The number of aliphatic carboxylic acids is 1. The molecule has 1 aliphatic heterocycles. The van der Waals surface area contributed by atoms with Gasteiger partial charge in [-0.2, -0.15) is 0 Å². The fourth-order valence-corrected chi connectivity index (χ4v) is 6.51. The van der Waals surface area contributed by atoms with Crippen molar-refractivity contribution in [3.8, 4) is 5.75 Å². The van der Waals surface area contributed by atoms with Crippen LogP contribution in [0.25, 0.3) is 10.9 Å². The number of methoxy groups -OCH3 is 1. The van der Waals surface area contributed by atoms with Gasteiger partial charge in [0.15, 0.2) is 11.6 Å². The van der Waals surface area contributed by atoms with Gasteiger partial charge in [0.05, 0.1) is 24.1 Å². The summed E-state index contributed by atoms with van der Waals surface area (Å²) >= 11 is 7.86.